The highest BCUT2D eigenvalue weighted by Crippen LogP contribution is 2.19. The van der Waals surface area contributed by atoms with Crippen molar-refractivity contribution in [3.05, 3.63) is 18.3 Å². The van der Waals surface area contributed by atoms with Gasteiger partial charge in [-0.15, -0.1) is 0 Å². The molecule has 2 aliphatic rings. The number of rotatable bonds is 4. The lowest BCUT2D eigenvalue weighted by Gasteiger charge is -2.22. The Hall–Kier alpha value is -1.83. The molecule has 1 aliphatic heterocycles. The molecule has 7 nitrogen and oxygen atoms in total. The van der Waals surface area contributed by atoms with Crippen molar-refractivity contribution in [3.8, 4) is 0 Å². The maximum Gasteiger partial charge on any atom is 0.320 e. The third-order valence-corrected chi connectivity index (χ3v) is 6.32. The minimum Gasteiger partial charge on any atom is -0.380 e. The lowest BCUT2D eigenvalue weighted by atomic mass is 9.96. The highest BCUT2D eigenvalue weighted by molar-refractivity contribution is 7.91. The number of amides is 2. The number of hydrogen-bond acceptors (Lipinski definition) is 5. The third-order valence-electron chi connectivity index (χ3n) is 4.55. The first-order valence-corrected chi connectivity index (χ1v) is 10.3. The molecule has 1 atom stereocenters. The Labute approximate surface area is 142 Å². The number of aromatic nitrogens is 1. The molecule has 0 bridgehead atoms. The zero-order valence-corrected chi connectivity index (χ0v) is 14.4. The number of sulfone groups is 1. The number of anilines is 2. The zero-order valence-electron chi connectivity index (χ0n) is 13.6. The maximum atomic E-state index is 12.0. The van der Waals surface area contributed by atoms with Crippen molar-refractivity contribution in [1.29, 1.82) is 0 Å². The minimum atomic E-state index is -2.90. The van der Waals surface area contributed by atoms with Crippen LogP contribution in [-0.4, -0.2) is 43.0 Å². The van der Waals surface area contributed by atoms with E-state index in [1.165, 1.54) is 19.3 Å². The first-order chi connectivity index (χ1) is 11.5. The lowest BCUT2D eigenvalue weighted by Crippen LogP contribution is -2.39. The van der Waals surface area contributed by atoms with Gasteiger partial charge < -0.3 is 10.6 Å². The largest absolute Gasteiger partial charge is 0.380 e. The molecule has 8 heteroatoms. The SMILES string of the molecule is O=C(Nc1ccc(NC2CCS(=O)(=O)C2)cn1)NC1CCCCC1. The topological polar surface area (TPSA) is 100 Å². The van der Waals surface area contributed by atoms with Crippen LogP contribution in [0.5, 0.6) is 0 Å². The Bertz CT molecular complexity index is 669. The number of urea groups is 1. The maximum absolute atomic E-state index is 12.0. The predicted octanol–water partition coefficient (Wildman–Crippen LogP) is 2.13. The number of pyridine rings is 1. The van der Waals surface area contributed by atoms with Crippen molar-refractivity contribution >= 4 is 27.4 Å². The van der Waals surface area contributed by atoms with Crippen molar-refractivity contribution in [2.24, 2.45) is 0 Å². The molecule has 1 saturated heterocycles. The summed E-state index contributed by atoms with van der Waals surface area (Å²) >= 11 is 0. The van der Waals surface area contributed by atoms with Crippen LogP contribution in [0.15, 0.2) is 18.3 Å². The number of carbonyl (C=O) groups excluding carboxylic acids is 1. The summed E-state index contributed by atoms with van der Waals surface area (Å²) in [6, 6.07) is 3.48. The fourth-order valence-corrected chi connectivity index (χ4v) is 4.96. The van der Waals surface area contributed by atoms with E-state index < -0.39 is 9.84 Å². The summed E-state index contributed by atoms with van der Waals surface area (Å²) in [6.07, 6.45) is 7.88. The van der Waals surface area contributed by atoms with E-state index in [1.807, 2.05) is 0 Å². The molecule has 3 N–H and O–H groups in total. The Kier molecular flexibility index (Phi) is 5.23. The van der Waals surface area contributed by atoms with E-state index in [2.05, 4.69) is 20.9 Å². The van der Waals surface area contributed by atoms with Crippen LogP contribution in [-0.2, 0) is 9.84 Å². The quantitative estimate of drug-likeness (QED) is 0.771. The van der Waals surface area contributed by atoms with Gasteiger partial charge in [0.2, 0.25) is 0 Å². The molecule has 24 heavy (non-hydrogen) atoms. The molecular weight excluding hydrogens is 328 g/mol. The lowest BCUT2D eigenvalue weighted by molar-refractivity contribution is 0.244. The molecule has 2 amide bonds. The summed E-state index contributed by atoms with van der Waals surface area (Å²) in [5.74, 6) is 0.878. The van der Waals surface area contributed by atoms with Gasteiger partial charge in [-0.05, 0) is 31.4 Å². The molecule has 1 unspecified atom stereocenters. The second-order valence-corrected chi connectivity index (χ2v) is 8.84. The molecule has 2 heterocycles. The van der Waals surface area contributed by atoms with Gasteiger partial charge in [0.1, 0.15) is 5.82 Å². The standard InChI is InChI=1S/C16H24N4O3S/c21-16(19-12-4-2-1-3-5-12)20-15-7-6-13(10-17-15)18-14-8-9-24(22,23)11-14/h6-7,10,12,14,18H,1-5,8-9,11H2,(H2,17,19,20,21). The van der Waals surface area contributed by atoms with E-state index >= 15 is 0 Å². The van der Waals surface area contributed by atoms with E-state index in [0.717, 1.165) is 18.5 Å². The summed E-state index contributed by atoms with van der Waals surface area (Å²) in [6.45, 7) is 0. The smallest absolute Gasteiger partial charge is 0.320 e. The van der Waals surface area contributed by atoms with Crippen molar-refractivity contribution in [1.82, 2.24) is 10.3 Å². The highest BCUT2D eigenvalue weighted by atomic mass is 32.2. The second kappa shape index (κ2) is 7.38. The Balaban J connectivity index is 1.48. The minimum absolute atomic E-state index is 0.0646. The van der Waals surface area contributed by atoms with E-state index in [0.29, 0.717) is 12.2 Å². The van der Waals surface area contributed by atoms with Crippen LogP contribution in [0.3, 0.4) is 0 Å². The number of nitrogens with one attached hydrogen (secondary N) is 3. The van der Waals surface area contributed by atoms with Crippen molar-refractivity contribution < 1.29 is 13.2 Å². The zero-order chi connectivity index (χ0) is 17.0. The van der Waals surface area contributed by atoms with Gasteiger partial charge in [0, 0.05) is 12.1 Å². The summed E-state index contributed by atoms with van der Waals surface area (Å²) in [4.78, 5) is 16.2. The van der Waals surface area contributed by atoms with E-state index in [1.54, 1.807) is 18.3 Å². The predicted molar refractivity (Wildman–Crippen MR) is 93.9 cm³/mol. The molecule has 0 spiro atoms. The van der Waals surface area contributed by atoms with Crippen LogP contribution in [0.2, 0.25) is 0 Å². The molecule has 132 valence electrons. The second-order valence-electron chi connectivity index (χ2n) is 6.61. The van der Waals surface area contributed by atoms with Crippen LogP contribution in [0, 0.1) is 0 Å². The number of nitrogens with zero attached hydrogens (tertiary/aromatic N) is 1. The van der Waals surface area contributed by atoms with Gasteiger partial charge >= 0.3 is 6.03 Å². The average Bonchev–Trinajstić information content (AvgIpc) is 2.89. The van der Waals surface area contributed by atoms with Gasteiger partial charge in [-0.3, -0.25) is 5.32 Å². The Morgan fingerprint density at radius 1 is 1.08 bits per heavy atom. The molecule has 1 saturated carbocycles. The summed E-state index contributed by atoms with van der Waals surface area (Å²) in [5.41, 5.74) is 0.760. The summed E-state index contributed by atoms with van der Waals surface area (Å²) in [5, 5.41) is 8.89. The van der Waals surface area contributed by atoms with Crippen molar-refractivity contribution in [2.45, 2.75) is 50.6 Å². The molecule has 2 fully saturated rings. The first kappa shape index (κ1) is 17.0. The van der Waals surface area contributed by atoms with Gasteiger partial charge in [-0.25, -0.2) is 18.2 Å². The van der Waals surface area contributed by atoms with Gasteiger partial charge in [0.25, 0.3) is 0 Å². The van der Waals surface area contributed by atoms with Gasteiger partial charge in [0.15, 0.2) is 9.84 Å². The van der Waals surface area contributed by atoms with E-state index in [4.69, 9.17) is 0 Å². The molecule has 1 aromatic rings. The van der Waals surface area contributed by atoms with Crippen LogP contribution >= 0.6 is 0 Å². The molecule has 0 aromatic carbocycles. The monoisotopic (exact) mass is 352 g/mol. The summed E-state index contributed by atoms with van der Waals surface area (Å²) < 4.78 is 22.9. The van der Waals surface area contributed by atoms with Crippen LogP contribution in [0.25, 0.3) is 0 Å². The average molecular weight is 352 g/mol. The van der Waals surface area contributed by atoms with Crippen LogP contribution in [0.1, 0.15) is 38.5 Å². The van der Waals surface area contributed by atoms with Gasteiger partial charge in [-0.2, -0.15) is 0 Å². The third kappa shape index (κ3) is 4.83. The summed E-state index contributed by atoms with van der Waals surface area (Å²) in [7, 11) is -2.90. The Morgan fingerprint density at radius 2 is 1.88 bits per heavy atom. The fraction of sp³-hybridized carbons (Fsp3) is 0.625. The Morgan fingerprint density at radius 3 is 2.50 bits per heavy atom. The molecular formula is C16H24N4O3S. The van der Waals surface area contributed by atoms with Crippen molar-refractivity contribution in [2.75, 3.05) is 22.1 Å². The normalized spacial score (nSPS) is 23.6. The fourth-order valence-electron chi connectivity index (χ4n) is 3.28. The highest BCUT2D eigenvalue weighted by Gasteiger charge is 2.27. The van der Waals surface area contributed by atoms with Crippen molar-refractivity contribution in [3.63, 3.8) is 0 Å². The van der Waals surface area contributed by atoms with E-state index in [9.17, 15) is 13.2 Å². The molecule has 3 rings (SSSR count). The van der Waals surface area contributed by atoms with Crippen LogP contribution < -0.4 is 16.0 Å². The number of carbonyl (C=O) groups is 1. The first-order valence-electron chi connectivity index (χ1n) is 8.51. The number of hydrogen-bond donors (Lipinski definition) is 3. The van der Waals surface area contributed by atoms with Crippen LogP contribution in [0.4, 0.5) is 16.3 Å². The van der Waals surface area contributed by atoms with Gasteiger partial charge in [0.05, 0.1) is 23.4 Å². The molecule has 0 radical (unpaired) electrons. The molecule has 1 aliphatic carbocycles. The van der Waals surface area contributed by atoms with Gasteiger partial charge in [-0.1, -0.05) is 19.3 Å². The molecule has 1 aromatic heterocycles. The van der Waals surface area contributed by atoms with E-state index in [-0.39, 0.29) is 29.6 Å².